The molecule has 0 aliphatic rings. The van der Waals surface area contributed by atoms with E-state index in [-0.39, 0.29) is 16.9 Å². The topological polar surface area (TPSA) is 79.2 Å². The summed E-state index contributed by atoms with van der Waals surface area (Å²) in [6.07, 6.45) is -7.09. The maximum Gasteiger partial charge on any atom is 0.460 e. The minimum atomic E-state index is -7.25. The monoisotopic (exact) mass is 442 g/mol. The van der Waals surface area contributed by atoms with Crippen molar-refractivity contribution in [3.63, 3.8) is 0 Å². The number of hydrogen-bond donors (Lipinski definition) is 1. The molecule has 0 unspecified atom stereocenters. The van der Waals surface area contributed by atoms with E-state index < -0.39 is 51.3 Å². The number of halogens is 9. The maximum absolute atomic E-state index is 13.6. The molecule has 0 aliphatic carbocycles. The number of amides is 1. The van der Waals surface area contributed by atoms with Crippen LogP contribution in [0, 0.1) is 18.3 Å². The fraction of sp³-hybridized carbons (Fsp3) is 0.462. The Labute approximate surface area is 153 Å². The fourth-order valence-electron chi connectivity index (χ4n) is 1.72. The molecule has 0 fully saturated rings. The molecule has 15 heteroatoms. The summed E-state index contributed by atoms with van der Waals surface area (Å²) >= 11 is 0.0946. The van der Waals surface area contributed by atoms with Gasteiger partial charge in [-0.2, -0.15) is 44.8 Å². The molecule has 1 N–H and O–H groups in total. The van der Waals surface area contributed by atoms with Crippen molar-refractivity contribution in [3.05, 3.63) is 16.0 Å². The predicted molar refractivity (Wildman–Crippen MR) is 74.6 cm³/mol. The Balaban J connectivity index is 3.37. The fourth-order valence-corrected chi connectivity index (χ4v) is 2.79. The first-order valence-corrected chi connectivity index (χ1v) is 7.42. The van der Waals surface area contributed by atoms with E-state index in [4.69, 9.17) is 5.26 Å². The molecular weight excluding hydrogens is 435 g/mol. The van der Waals surface area contributed by atoms with Crippen molar-refractivity contribution in [2.24, 2.45) is 0 Å². The van der Waals surface area contributed by atoms with Crippen molar-refractivity contribution >= 4 is 28.2 Å². The quantitative estimate of drug-likeness (QED) is 0.550. The second kappa shape index (κ2) is 7.15. The predicted octanol–water partition coefficient (Wildman–Crippen LogP) is 4.12. The van der Waals surface area contributed by atoms with Gasteiger partial charge >= 0.3 is 35.8 Å². The highest BCUT2D eigenvalue weighted by Gasteiger charge is 2.83. The summed E-state index contributed by atoms with van der Waals surface area (Å²) in [5.41, 5.74) is -0.911. The van der Waals surface area contributed by atoms with Crippen LogP contribution >= 0.6 is 11.3 Å². The zero-order valence-corrected chi connectivity index (χ0v) is 14.3. The number of carbonyl (C=O) groups excluding carboxylic acids is 2. The molecule has 0 saturated carbocycles. The van der Waals surface area contributed by atoms with Crippen molar-refractivity contribution in [1.82, 2.24) is 0 Å². The number of carbonyl (C=O) groups is 2. The Morgan fingerprint density at radius 1 is 1.04 bits per heavy atom. The molecule has 0 atom stereocenters. The van der Waals surface area contributed by atoms with Crippen LogP contribution in [0.3, 0.4) is 0 Å². The van der Waals surface area contributed by atoms with E-state index >= 15 is 0 Å². The number of nitrogens with zero attached hydrogens (tertiary/aromatic N) is 1. The van der Waals surface area contributed by atoms with Crippen LogP contribution in [0.1, 0.15) is 20.8 Å². The molecule has 1 heterocycles. The normalized spacial score (nSPS) is 13.1. The molecule has 0 radical (unpaired) electrons. The number of anilines is 1. The van der Waals surface area contributed by atoms with Crippen LogP contribution in [0.25, 0.3) is 0 Å². The summed E-state index contributed by atoms with van der Waals surface area (Å²) in [5.74, 6) is -25.3. The van der Waals surface area contributed by atoms with E-state index in [1.807, 2.05) is 0 Å². The van der Waals surface area contributed by atoms with Gasteiger partial charge in [0.15, 0.2) is 0 Å². The van der Waals surface area contributed by atoms with Gasteiger partial charge in [0.05, 0.1) is 12.7 Å². The van der Waals surface area contributed by atoms with Crippen LogP contribution in [0.5, 0.6) is 0 Å². The maximum atomic E-state index is 13.6. The molecule has 1 aromatic heterocycles. The van der Waals surface area contributed by atoms with Gasteiger partial charge in [-0.25, -0.2) is 4.79 Å². The molecule has 1 rings (SSSR count). The van der Waals surface area contributed by atoms with E-state index in [0.717, 1.165) is 19.4 Å². The molecule has 0 saturated heterocycles. The van der Waals surface area contributed by atoms with Gasteiger partial charge in [-0.3, -0.25) is 4.79 Å². The first-order chi connectivity index (χ1) is 12.5. The van der Waals surface area contributed by atoms with E-state index in [2.05, 4.69) is 4.74 Å². The number of alkyl halides is 9. The van der Waals surface area contributed by atoms with Crippen molar-refractivity contribution in [2.75, 3.05) is 12.4 Å². The van der Waals surface area contributed by atoms with Crippen LogP contribution in [0.4, 0.5) is 44.5 Å². The van der Waals surface area contributed by atoms with Gasteiger partial charge in [-0.15, -0.1) is 11.3 Å². The molecule has 0 bridgehead atoms. The summed E-state index contributed by atoms with van der Waals surface area (Å²) in [6.45, 7) is 1.08. The molecular formula is C13H7F9N2O3S. The number of ether oxygens (including phenoxy) is 1. The third-order valence-electron chi connectivity index (χ3n) is 3.29. The Kier molecular flexibility index (Phi) is 6.01. The largest absolute Gasteiger partial charge is 0.465 e. The number of rotatable bonds is 5. The lowest BCUT2D eigenvalue weighted by Gasteiger charge is -2.32. The van der Waals surface area contributed by atoms with E-state index in [1.165, 1.54) is 6.07 Å². The van der Waals surface area contributed by atoms with Crippen molar-refractivity contribution in [3.8, 4) is 6.07 Å². The first-order valence-electron chi connectivity index (χ1n) is 6.60. The summed E-state index contributed by atoms with van der Waals surface area (Å²) in [7, 11) is 0.889. The van der Waals surface area contributed by atoms with Crippen molar-refractivity contribution in [1.29, 1.82) is 5.26 Å². The Morgan fingerprint density at radius 3 is 1.93 bits per heavy atom. The first kappa shape index (κ1) is 23.5. The average molecular weight is 442 g/mol. The minimum Gasteiger partial charge on any atom is -0.465 e. The van der Waals surface area contributed by atoms with Gasteiger partial charge in [0.1, 0.15) is 15.9 Å². The zero-order valence-electron chi connectivity index (χ0n) is 13.5. The van der Waals surface area contributed by atoms with E-state index in [1.54, 1.807) is 0 Å². The molecule has 0 spiro atoms. The van der Waals surface area contributed by atoms with Crippen LogP contribution < -0.4 is 5.32 Å². The van der Waals surface area contributed by atoms with Gasteiger partial charge in [0.2, 0.25) is 0 Å². The highest BCUT2D eigenvalue weighted by atomic mass is 32.1. The summed E-state index contributed by atoms with van der Waals surface area (Å²) in [4.78, 5) is 22.5. The Hall–Kier alpha value is -2.50. The summed E-state index contributed by atoms with van der Waals surface area (Å²) in [5, 5.41) is 8.97. The number of esters is 1. The zero-order chi connectivity index (χ0) is 22.3. The highest BCUT2D eigenvalue weighted by Crippen LogP contribution is 2.53. The smallest absolute Gasteiger partial charge is 0.460 e. The van der Waals surface area contributed by atoms with Gasteiger partial charge < -0.3 is 10.1 Å². The lowest BCUT2D eigenvalue weighted by molar-refractivity contribution is -0.388. The van der Waals surface area contributed by atoms with Gasteiger partial charge in [-0.05, 0) is 12.5 Å². The van der Waals surface area contributed by atoms with E-state index in [9.17, 15) is 49.1 Å². The summed E-state index contributed by atoms with van der Waals surface area (Å²) in [6, 6.07) is 1.34. The molecule has 5 nitrogen and oxygen atoms in total. The van der Waals surface area contributed by atoms with Gasteiger partial charge in [0.25, 0.3) is 0 Å². The molecule has 156 valence electrons. The second-order valence-electron chi connectivity index (χ2n) is 5.04. The molecule has 28 heavy (non-hydrogen) atoms. The van der Waals surface area contributed by atoms with Crippen LogP contribution in [-0.4, -0.2) is 42.9 Å². The van der Waals surface area contributed by atoms with Gasteiger partial charge in [-0.1, -0.05) is 0 Å². The van der Waals surface area contributed by atoms with Crippen molar-refractivity contribution in [2.45, 2.75) is 30.9 Å². The van der Waals surface area contributed by atoms with E-state index in [0.29, 0.717) is 0 Å². The SMILES string of the molecule is COC(=O)c1sc(NC(=O)C(F)(F)C(F)(F)C(F)(F)C(F)(F)F)c(C#N)c1C. The number of methoxy groups -OCH3 is 1. The Bertz CT molecular complexity index is 840. The average Bonchev–Trinajstić information content (AvgIpc) is 2.88. The van der Waals surface area contributed by atoms with Crippen LogP contribution in [-0.2, 0) is 9.53 Å². The number of nitrogens with one attached hydrogen (secondary N) is 1. The van der Waals surface area contributed by atoms with Crippen LogP contribution in [0.2, 0.25) is 0 Å². The highest BCUT2D eigenvalue weighted by molar-refractivity contribution is 7.18. The second-order valence-corrected chi connectivity index (χ2v) is 6.06. The molecule has 0 aromatic carbocycles. The Morgan fingerprint density at radius 2 is 1.54 bits per heavy atom. The molecule has 1 aromatic rings. The third kappa shape index (κ3) is 3.48. The standard InChI is InChI=1S/C13H7F9N2O3S/c1-4-5(3-23)7(28-6(4)8(25)27-2)24-9(26)10(14,15)11(16,17)12(18,19)13(20,21)22/h1-2H3,(H,24,26). The number of thiophene rings is 1. The number of hydrogen-bond acceptors (Lipinski definition) is 5. The minimum absolute atomic E-state index is 0.0946. The molecule has 0 aliphatic heterocycles. The van der Waals surface area contributed by atoms with Crippen LogP contribution in [0.15, 0.2) is 0 Å². The van der Waals surface area contributed by atoms with Gasteiger partial charge in [0, 0.05) is 0 Å². The number of nitriles is 1. The molecule has 1 amide bonds. The third-order valence-corrected chi connectivity index (χ3v) is 4.47. The van der Waals surface area contributed by atoms with Crippen molar-refractivity contribution < 1.29 is 53.8 Å². The summed E-state index contributed by atoms with van der Waals surface area (Å²) < 4.78 is 120. The lowest BCUT2D eigenvalue weighted by atomic mass is 10.0. The lowest BCUT2D eigenvalue weighted by Crippen LogP contribution is -2.64.